The minimum atomic E-state index is 0.176. The Balaban J connectivity index is 1.54. The summed E-state index contributed by atoms with van der Waals surface area (Å²) in [6.07, 6.45) is 7.90. The molecule has 0 aliphatic carbocycles. The van der Waals surface area contributed by atoms with Crippen LogP contribution in [-0.2, 0) is 9.53 Å². The molecule has 0 aromatic carbocycles. The van der Waals surface area contributed by atoms with Crippen LogP contribution in [0.3, 0.4) is 0 Å². The summed E-state index contributed by atoms with van der Waals surface area (Å²) in [4.78, 5) is 24.5. The summed E-state index contributed by atoms with van der Waals surface area (Å²) < 4.78 is 5.82. The highest BCUT2D eigenvalue weighted by Crippen LogP contribution is 2.25. The second kappa shape index (κ2) is 7.45. The lowest BCUT2D eigenvalue weighted by atomic mass is 10.1. The smallest absolute Gasteiger partial charge is 0.222 e. The summed E-state index contributed by atoms with van der Waals surface area (Å²) in [5.41, 5.74) is 0. The summed E-state index contributed by atoms with van der Waals surface area (Å²) in [6.45, 7) is 7.69. The van der Waals surface area contributed by atoms with Crippen LogP contribution in [0.2, 0.25) is 0 Å². The molecule has 2 aliphatic heterocycles. The van der Waals surface area contributed by atoms with E-state index in [0.717, 1.165) is 51.3 Å². The second-order valence-electron chi connectivity index (χ2n) is 6.64. The van der Waals surface area contributed by atoms with E-state index in [0.29, 0.717) is 12.5 Å². The predicted octanol–water partition coefficient (Wildman–Crippen LogP) is 1.96. The summed E-state index contributed by atoms with van der Waals surface area (Å²) in [5.74, 6) is 1.21. The fourth-order valence-corrected chi connectivity index (χ4v) is 3.68. The van der Waals surface area contributed by atoms with Crippen molar-refractivity contribution in [3.8, 4) is 0 Å². The number of piperazine rings is 1. The molecule has 1 aromatic rings. The van der Waals surface area contributed by atoms with Gasteiger partial charge in [-0.25, -0.2) is 4.98 Å². The summed E-state index contributed by atoms with van der Waals surface area (Å²) in [5, 5.41) is 0. The Morgan fingerprint density at radius 2 is 2.30 bits per heavy atom. The molecule has 2 saturated heterocycles. The quantitative estimate of drug-likeness (QED) is 0.901. The maximum Gasteiger partial charge on any atom is 0.222 e. The molecular weight excluding hydrogens is 292 g/mol. The first-order valence-corrected chi connectivity index (χ1v) is 8.84. The van der Waals surface area contributed by atoms with E-state index in [1.54, 1.807) is 6.20 Å². The molecule has 3 rings (SSSR count). The molecule has 0 saturated carbocycles. The van der Waals surface area contributed by atoms with Crippen LogP contribution >= 0.6 is 0 Å². The second-order valence-corrected chi connectivity index (χ2v) is 6.64. The van der Waals surface area contributed by atoms with Crippen LogP contribution in [-0.4, -0.2) is 64.1 Å². The average Bonchev–Trinajstić information content (AvgIpc) is 3.23. The Morgan fingerprint density at radius 3 is 2.96 bits per heavy atom. The molecule has 6 heteroatoms. The Bertz CT molecular complexity index is 505. The van der Waals surface area contributed by atoms with Crippen LogP contribution in [0.5, 0.6) is 0 Å². The molecule has 128 valence electrons. The van der Waals surface area contributed by atoms with Crippen molar-refractivity contribution < 1.29 is 9.53 Å². The fourth-order valence-electron chi connectivity index (χ4n) is 3.68. The van der Waals surface area contributed by atoms with Gasteiger partial charge in [0.1, 0.15) is 5.82 Å². The molecule has 1 amide bonds. The van der Waals surface area contributed by atoms with Crippen LogP contribution in [0.4, 0.5) is 0 Å². The van der Waals surface area contributed by atoms with Gasteiger partial charge in [-0.05, 0) is 32.7 Å². The number of rotatable bonds is 5. The highest BCUT2D eigenvalue weighted by atomic mass is 16.5. The van der Waals surface area contributed by atoms with Gasteiger partial charge in [-0.3, -0.25) is 9.69 Å². The molecule has 2 fully saturated rings. The Labute approximate surface area is 138 Å². The zero-order valence-corrected chi connectivity index (χ0v) is 14.2. The predicted molar refractivity (Wildman–Crippen MR) is 88.0 cm³/mol. The lowest BCUT2D eigenvalue weighted by Crippen LogP contribution is -2.50. The van der Waals surface area contributed by atoms with Gasteiger partial charge in [0.15, 0.2) is 0 Å². The normalized spacial score (nSPS) is 29.1. The number of nitrogens with zero attached hydrogens (tertiary/aromatic N) is 3. The zero-order valence-electron chi connectivity index (χ0n) is 14.2. The van der Waals surface area contributed by atoms with Crippen molar-refractivity contribution in [1.29, 1.82) is 0 Å². The van der Waals surface area contributed by atoms with Crippen molar-refractivity contribution in [3.05, 3.63) is 18.2 Å². The molecule has 3 heterocycles. The van der Waals surface area contributed by atoms with E-state index in [4.69, 9.17) is 4.74 Å². The van der Waals surface area contributed by atoms with Gasteiger partial charge in [0.25, 0.3) is 0 Å². The average molecular weight is 320 g/mol. The van der Waals surface area contributed by atoms with Crippen molar-refractivity contribution in [3.63, 3.8) is 0 Å². The largest absolute Gasteiger partial charge is 0.375 e. The third kappa shape index (κ3) is 3.93. The molecular formula is C17H28N4O2. The number of amides is 1. The molecule has 0 unspecified atom stereocenters. The van der Waals surface area contributed by atoms with Crippen LogP contribution in [0.15, 0.2) is 12.4 Å². The number of hydrogen-bond acceptors (Lipinski definition) is 4. The number of carbonyl (C=O) groups is 1. The van der Waals surface area contributed by atoms with E-state index in [1.807, 2.05) is 11.1 Å². The number of imidazole rings is 1. The molecule has 1 aromatic heterocycles. The summed E-state index contributed by atoms with van der Waals surface area (Å²) >= 11 is 0. The van der Waals surface area contributed by atoms with Gasteiger partial charge < -0.3 is 14.6 Å². The van der Waals surface area contributed by atoms with Crippen LogP contribution in [0.1, 0.15) is 51.4 Å². The van der Waals surface area contributed by atoms with Gasteiger partial charge >= 0.3 is 0 Å². The molecule has 0 spiro atoms. The number of nitrogens with one attached hydrogen (secondary N) is 1. The SMILES string of the molecule is CCN1CCN(C(=O)CC[C@@H]2CC[C@H](C)O2)C[C@@H]1c1ncc[nH]1. The van der Waals surface area contributed by atoms with Gasteiger partial charge in [-0.1, -0.05) is 6.92 Å². The number of H-pyrrole nitrogens is 1. The lowest BCUT2D eigenvalue weighted by molar-refractivity contribution is -0.135. The topological polar surface area (TPSA) is 61.5 Å². The fraction of sp³-hybridized carbons (Fsp3) is 0.765. The van der Waals surface area contributed by atoms with E-state index in [9.17, 15) is 4.79 Å². The first-order chi connectivity index (χ1) is 11.2. The molecule has 3 atom stereocenters. The minimum absolute atomic E-state index is 0.176. The maximum atomic E-state index is 12.6. The number of likely N-dealkylation sites (N-methyl/N-ethyl adjacent to an activating group) is 1. The highest BCUT2D eigenvalue weighted by molar-refractivity contribution is 5.76. The molecule has 23 heavy (non-hydrogen) atoms. The van der Waals surface area contributed by atoms with Gasteiger partial charge in [-0.15, -0.1) is 0 Å². The molecule has 6 nitrogen and oxygen atoms in total. The van der Waals surface area contributed by atoms with Gasteiger partial charge in [0, 0.05) is 38.4 Å². The summed E-state index contributed by atoms with van der Waals surface area (Å²) in [6, 6.07) is 0.176. The van der Waals surface area contributed by atoms with Crippen molar-refractivity contribution in [2.24, 2.45) is 0 Å². The third-order valence-corrected chi connectivity index (χ3v) is 5.09. The van der Waals surface area contributed by atoms with E-state index >= 15 is 0 Å². The Kier molecular flexibility index (Phi) is 5.33. The van der Waals surface area contributed by atoms with Crippen molar-refractivity contribution in [1.82, 2.24) is 19.8 Å². The van der Waals surface area contributed by atoms with E-state index in [-0.39, 0.29) is 18.1 Å². The van der Waals surface area contributed by atoms with Crippen molar-refractivity contribution in [2.75, 3.05) is 26.2 Å². The minimum Gasteiger partial charge on any atom is -0.375 e. The molecule has 2 aliphatic rings. The first-order valence-electron chi connectivity index (χ1n) is 8.84. The van der Waals surface area contributed by atoms with E-state index in [1.165, 1.54) is 0 Å². The number of hydrogen-bond donors (Lipinski definition) is 1. The standard InChI is InChI=1S/C17H28N4O2/c1-3-20-10-11-21(12-15(20)17-18-8-9-19-17)16(22)7-6-14-5-4-13(2)23-14/h8-9,13-15H,3-7,10-12H2,1-2H3,(H,18,19)/t13-,14-,15+/m0/s1. The third-order valence-electron chi connectivity index (χ3n) is 5.09. The van der Waals surface area contributed by atoms with Crippen LogP contribution in [0.25, 0.3) is 0 Å². The molecule has 1 N–H and O–H groups in total. The van der Waals surface area contributed by atoms with Crippen LogP contribution < -0.4 is 0 Å². The van der Waals surface area contributed by atoms with E-state index in [2.05, 4.69) is 28.7 Å². The number of aromatic nitrogens is 2. The number of aromatic amines is 1. The number of carbonyl (C=O) groups excluding carboxylic acids is 1. The summed E-state index contributed by atoms with van der Waals surface area (Å²) in [7, 11) is 0. The Morgan fingerprint density at radius 1 is 1.43 bits per heavy atom. The van der Waals surface area contributed by atoms with Gasteiger partial charge in [0.2, 0.25) is 5.91 Å². The molecule has 0 radical (unpaired) electrons. The highest BCUT2D eigenvalue weighted by Gasteiger charge is 2.31. The lowest BCUT2D eigenvalue weighted by Gasteiger charge is -2.40. The monoisotopic (exact) mass is 320 g/mol. The molecule has 0 bridgehead atoms. The van der Waals surface area contributed by atoms with Crippen molar-refractivity contribution >= 4 is 5.91 Å². The van der Waals surface area contributed by atoms with Crippen molar-refractivity contribution in [2.45, 2.75) is 57.8 Å². The van der Waals surface area contributed by atoms with Crippen LogP contribution in [0, 0.1) is 0 Å². The van der Waals surface area contributed by atoms with Gasteiger partial charge in [0.05, 0.1) is 18.2 Å². The zero-order chi connectivity index (χ0) is 16.2. The number of ether oxygens (including phenoxy) is 1. The Hall–Kier alpha value is -1.40. The maximum absolute atomic E-state index is 12.6. The first kappa shape index (κ1) is 16.5. The van der Waals surface area contributed by atoms with E-state index < -0.39 is 0 Å². The van der Waals surface area contributed by atoms with Gasteiger partial charge in [-0.2, -0.15) is 0 Å².